The number of hydrogen-bond donors (Lipinski definition) is 1. The SMILES string of the molecule is CCOC(=O)c1[nH]c(C)c(CN(Cc2ccccc2)S(=O)(=O)c2cc(C)c(C)cc2C)c1C. The summed E-state index contributed by atoms with van der Waals surface area (Å²) in [5.74, 6) is -0.438. The minimum Gasteiger partial charge on any atom is -0.461 e. The zero-order chi connectivity index (χ0) is 24.3. The van der Waals surface area contributed by atoms with E-state index in [2.05, 4.69) is 4.98 Å². The van der Waals surface area contributed by atoms with E-state index in [1.165, 1.54) is 4.31 Å². The van der Waals surface area contributed by atoms with Crippen LogP contribution >= 0.6 is 0 Å². The van der Waals surface area contributed by atoms with Gasteiger partial charge in [0.1, 0.15) is 5.69 Å². The maximum Gasteiger partial charge on any atom is 0.355 e. The fourth-order valence-corrected chi connectivity index (χ4v) is 5.66. The molecule has 0 radical (unpaired) electrons. The van der Waals surface area contributed by atoms with E-state index in [1.807, 2.05) is 71.0 Å². The number of ether oxygens (including phenoxy) is 1. The fourth-order valence-electron chi connectivity index (χ4n) is 3.97. The number of aromatic nitrogens is 1. The van der Waals surface area contributed by atoms with Crippen LogP contribution in [0.3, 0.4) is 0 Å². The number of H-pyrrole nitrogens is 1. The molecule has 0 amide bonds. The van der Waals surface area contributed by atoms with Crippen LogP contribution < -0.4 is 0 Å². The van der Waals surface area contributed by atoms with E-state index in [9.17, 15) is 13.2 Å². The van der Waals surface area contributed by atoms with Gasteiger partial charge >= 0.3 is 5.97 Å². The number of rotatable bonds is 8. The maximum absolute atomic E-state index is 13.9. The Morgan fingerprint density at radius 2 is 1.58 bits per heavy atom. The summed E-state index contributed by atoms with van der Waals surface area (Å²) in [6, 6.07) is 13.2. The minimum atomic E-state index is -3.82. The van der Waals surface area contributed by atoms with Gasteiger partial charge in [-0.15, -0.1) is 0 Å². The van der Waals surface area contributed by atoms with Gasteiger partial charge in [-0.25, -0.2) is 13.2 Å². The molecule has 33 heavy (non-hydrogen) atoms. The van der Waals surface area contributed by atoms with Crippen molar-refractivity contribution in [3.8, 4) is 0 Å². The highest BCUT2D eigenvalue weighted by Gasteiger charge is 2.29. The second kappa shape index (κ2) is 9.93. The number of sulfonamides is 1. The molecule has 1 N–H and O–H groups in total. The van der Waals surface area contributed by atoms with Gasteiger partial charge in [-0.3, -0.25) is 0 Å². The average molecular weight is 469 g/mol. The molecule has 6 nitrogen and oxygen atoms in total. The Kier molecular flexibility index (Phi) is 7.44. The van der Waals surface area contributed by atoms with Crippen LogP contribution in [0.2, 0.25) is 0 Å². The van der Waals surface area contributed by atoms with E-state index < -0.39 is 16.0 Å². The zero-order valence-corrected chi connectivity index (χ0v) is 21.0. The first kappa shape index (κ1) is 24.7. The molecule has 0 spiro atoms. The molecule has 0 saturated heterocycles. The summed E-state index contributed by atoms with van der Waals surface area (Å²) < 4.78 is 34.5. The lowest BCUT2D eigenvalue weighted by Gasteiger charge is -2.24. The number of esters is 1. The molecule has 0 saturated carbocycles. The Morgan fingerprint density at radius 1 is 0.939 bits per heavy atom. The first-order valence-corrected chi connectivity index (χ1v) is 12.5. The van der Waals surface area contributed by atoms with Gasteiger partial charge in [0.25, 0.3) is 0 Å². The molecule has 0 aliphatic heterocycles. The molecule has 0 bridgehead atoms. The number of nitrogens with one attached hydrogen (secondary N) is 1. The van der Waals surface area contributed by atoms with Gasteiger partial charge in [-0.05, 0) is 81.0 Å². The van der Waals surface area contributed by atoms with Crippen LogP contribution in [0.5, 0.6) is 0 Å². The molecule has 176 valence electrons. The Morgan fingerprint density at radius 3 is 2.21 bits per heavy atom. The van der Waals surface area contributed by atoms with Crippen molar-refractivity contribution in [2.45, 2.75) is 59.5 Å². The Bertz CT molecular complexity index is 1260. The van der Waals surface area contributed by atoms with E-state index in [-0.39, 0.29) is 19.7 Å². The molecular weight excluding hydrogens is 436 g/mol. The fraction of sp³-hybridized carbons (Fsp3) is 0.346. The summed E-state index contributed by atoms with van der Waals surface area (Å²) in [7, 11) is -3.82. The molecule has 0 aliphatic carbocycles. The third-order valence-electron chi connectivity index (χ3n) is 6.02. The molecule has 0 atom stereocenters. The van der Waals surface area contributed by atoms with E-state index in [0.717, 1.165) is 27.9 Å². The molecule has 0 fully saturated rings. The summed E-state index contributed by atoms with van der Waals surface area (Å²) in [6.45, 7) is 11.8. The lowest BCUT2D eigenvalue weighted by atomic mass is 10.1. The predicted molar refractivity (Wildman–Crippen MR) is 130 cm³/mol. The number of carbonyl (C=O) groups excluding carboxylic acids is 1. The van der Waals surface area contributed by atoms with Crippen LogP contribution in [0.15, 0.2) is 47.4 Å². The highest BCUT2D eigenvalue weighted by atomic mass is 32.2. The third-order valence-corrected chi connectivity index (χ3v) is 7.95. The van der Waals surface area contributed by atoms with E-state index in [0.29, 0.717) is 21.7 Å². The van der Waals surface area contributed by atoms with Gasteiger partial charge < -0.3 is 9.72 Å². The number of aryl methyl sites for hydroxylation is 4. The quantitative estimate of drug-likeness (QED) is 0.465. The normalized spacial score (nSPS) is 11.7. The largest absolute Gasteiger partial charge is 0.461 e. The van der Waals surface area contributed by atoms with Crippen LogP contribution in [-0.4, -0.2) is 30.3 Å². The lowest BCUT2D eigenvalue weighted by Crippen LogP contribution is -2.31. The standard InChI is InChI=1S/C26H32N2O4S/c1-7-32-26(29)25-20(5)23(21(6)27-25)16-28(15-22-11-9-8-10-12-22)33(30,31)24-14-18(3)17(2)13-19(24)4/h8-14,27H,7,15-16H2,1-6H3. The Hall–Kier alpha value is -2.90. The van der Waals surface area contributed by atoms with Gasteiger partial charge in [-0.2, -0.15) is 4.31 Å². The van der Waals surface area contributed by atoms with E-state index in [4.69, 9.17) is 4.74 Å². The van der Waals surface area contributed by atoms with Crippen molar-refractivity contribution in [2.75, 3.05) is 6.61 Å². The van der Waals surface area contributed by atoms with Gasteiger partial charge in [-0.1, -0.05) is 36.4 Å². The summed E-state index contributed by atoms with van der Waals surface area (Å²) in [6.07, 6.45) is 0. The van der Waals surface area contributed by atoms with Gasteiger partial charge in [0, 0.05) is 18.8 Å². The molecule has 7 heteroatoms. The van der Waals surface area contributed by atoms with E-state index in [1.54, 1.807) is 13.0 Å². The smallest absolute Gasteiger partial charge is 0.355 e. The number of hydrogen-bond acceptors (Lipinski definition) is 4. The molecule has 3 aromatic rings. The molecule has 0 unspecified atom stereocenters. The monoisotopic (exact) mass is 468 g/mol. The molecule has 2 aromatic carbocycles. The molecule has 0 aliphatic rings. The molecule has 1 aromatic heterocycles. The van der Waals surface area contributed by atoms with Crippen LogP contribution in [0.4, 0.5) is 0 Å². The average Bonchev–Trinajstić information content (AvgIpc) is 3.05. The van der Waals surface area contributed by atoms with Gasteiger partial charge in [0.15, 0.2) is 0 Å². The summed E-state index contributed by atoms with van der Waals surface area (Å²) in [5.41, 5.74) is 6.18. The highest BCUT2D eigenvalue weighted by molar-refractivity contribution is 7.89. The summed E-state index contributed by atoms with van der Waals surface area (Å²) >= 11 is 0. The van der Waals surface area contributed by atoms with Crippen molar-refractivity contribution in [2.24, 2.45) is 0 Å². The highest BCUT2D eigenvalue weighted by Crippen LogP contribution is 2.29. The summed E-state index contributed by atoms with van der Waals surface area (Å²) in [5, 5.41) is 0. The molecular formula is C26H32N2O4S. The lowest BCUT2D eigenvalue weighted by molar-refractivity contribution is 0.0519. The van der Waals surface area contributed by atoms with Crippen molar-refractivity contribution in [1.29, 1.82) is 0 Å². The zero-order valence-electron chi connectivity index (χ0n) is 20.2. The van der Waals surface area contributed by atoms with Crippen LogP contribution in [0.25, 0.3) is 0 Å². The van der Waals surface area contributed by atoms with Crippen molar-refractivity contribution < 1.29 is 17.9 Å². The van der Waals surface area contributed by atoms with Crippen molar-refractivity contribution in [3.05, 3.63) is 87.2 Å². The second-order valence-electron chi connectivity index (χ2n) is 8.41. The third kappa shape index (κ3) is 5.20. The van der Waals surface area contributed by atoms with Crippen LogP contribution in [-0.2, 0) is 27.8 Å². The van der Waals surface area contributed by atoms with Crippen molar-refractivity contribution in [3.63, 3.8) is 0 Å². The first-order chi connectivity index (χ1) is 15.6. The first-order valence-electron chi connectivity index (χ1n) is 11.0. The van der Waals surface area contributed by atoms with Crippen LogP contribution in [0, 0.1) is 34.6 Å². The number of carbonyl (C=O) groups is 1. The number of aromatic amines is 1. The van der Waals surface area contributed by atoms with Gasteiger partial charge in [0.05, 0.1) is 11.5 Å². The molecule has 3 rings (SSSR count). The van der Waals surface area contributed by atoms with Crippen LogP contribution in [0.1, 0.15) is 56.5 Å². The van der Waals surface area contributed by atoms with Crippen molar-refractivity contribution >= 4 is 16.0 Å². The Labute approximate surface area is 196 Å². The minimum absolute atomic E-state index is 0.136. The second-order valence-corrected chi connectivity index (χ2v) is 10.3. The van der Waals surface area contributed by atoms with Gasteiger partial charge in [0.2, 0.25) is 10.0 Å². The predicted octanol–water partition coefficient (Wildman–Crippen LogP) is 5.12. The van der Waals surface area contributed by atoms with E-state index >= 15 is 0 Å². The Balaban J connectivity index is 2.09. The summed E-state index contributed by atoms with van der Waals surface area (Å²) in [4.78, 5) is 15.7. The number of nitrogens with zero attached hydrogens (tertiary/aromatic N) is 1. The topological polar surface area (TPSA) is 79.5 Å². The molecule has 1 heterocycles. The van der Waals surface area contributed by atoms with Crippen molar-refractivity contribution in [1.82, 2.24) is 9.29 Å². The number of benzene rings is 2. The maximum atomic E-state index is 13.9.